The fourth-order valence-corrected chi connectivity index (χ4v) is 1.85. The molecule has 1 aromatic heterocycles. The van der Waals surface area contributed by atoms with Crippen LogP contribution in [0.15, 0.2) is 36.0 Å². The Balaban J connectivity index is 2.17. The number of amides is 1. The van der Waals surface area contributed by atoms with Crippen molar-refractivity contribution in [3.05, 3.63) is 41.6 Å². The van der Waals surface area contributed by atoms with Crippen LogP contribution < -0.4 is 5.32 Å². The van der Waals surface area contributed by atoms with Gasteiger partial charge in [0.05, 0.1) is 0 Å². The van der Waals surface area contributed by atoms with E-state index in [0.717, 1.165) is 29.6 Å². The fourth-order valence-electron chi connectivity index (χ4n) is 1.85. The first-order valence-electron chi connectivity index (χ1n) is 6.24. The number of nitrogens with one attached hydrogen (secondary N) is 2. The van der Waals surface area contributed by atoms with Gasteiger partial charge in [0, 0.05) is 23.8 Å². The van der Waals surface area contributed by atoms with Crippen LogP contribution in [-0.4, -0.2) is 17.4 Å². The van der Waals surface area contributed by atoms with Crippen LogP contribution in [0.2, 0.25) is 0 Å². The highest BCUT2D eigenvalue weighted by Crippen LogP contribution is 2.16. The van der Waals surface area contributed by atoms with Crippen molar-refractivity contribution in [1.29, 1.82) is 0 Å². The van der Waals surface area contributed by atoms with Crippen molar-refractivity contribution in [3.8, 4) is 0 Å². The number of rotatable bonds is 4. The summed E-state index contributed by atoms with van der Waals surface area (Å²) < 4.78 is 0. The zero-order valence-electron chi connectivity index (χ0n) is 10.8. The van der Waals surface area contributed by atoms with E-state index in [9.17, 15) is 4.79 Å². The summed E-state index contributed by atoms with van der Waals surface area (Å²) in [5.74, 6) is 0.00318. The molecule has 0 fully saturated rings. The molecule has 0 saturated carbocycles. The first kappa shape index (κ1) is 12.4. The molecule has 0 saturated heterocycles. The van der Waals surface area contributed by atoms with Gasteiger partial charge in [0.2, 0.25) is 5.91 Å². The van der Waals surface area contributed by atoms with Crippen molar-refractivity contribution in [3.63, 3.8) is 0 Å². The van der Waals surface area contributed by atoms with Gasteiger partial charge in [0.15, 0.2) is 0 Å². The lowest BCUT2D eigenvalue weighted by molar-refractivity contribution is -0.117. The molecule has 94 valence electrons. The van der Waals surface area contributed by atoms with Gasteiger partial charge in [-0.3, -0.25) is 4.79 Å². The molecule has 3 nitrogen and oxygen atoms in total. The summed E-state index contributed by atoms with van der Waals surface area (Å²) >= 11 is 0. The van der Waals surface area contributed by atoms with Gasteiger partial charge in [-0.1, -0.05) is 19.1 Å². The van der Waals surface area contributed by atoms with Crippen LogP contribution >= 0.6 is 0 Å². The van der Waals surface area contributed by atoms with Crippen molar-refractivity contribution in [2.45, 2.75) is 20.3 Å². The van der Waals surface area contributed by atoms with E-state index in [0.29, 0.717) is 0 Å². The molecule has 2 aromatic rings. The van der Waals surface area contributed by atoms with Gasteiger partial charge in [-0.2, -0.15) is 0 Å². The molecular formula is C15H18N2O. The Bertz CT molecular complexity index is 581. The molecule has 3 heteroatoms. The van der Waals surface area contributed by atoms with Crippen LogP contribution in [0.3, 0.4) is 0 Å². The number of carbonyl (C=O) groups is 1. The second-order valence-corrected chi connectivity index (χ2v) is 4.41. The maximum atomic E-state index is 11.7. The smallest absolute Gasteiger partial charge is 0.246 e. The summed E-state index contributed by atoms with van der Waals surface area (Å²) in [6.07, 6.45) is 4.78. The van der Waals surface area contributed by atoms with Gasteiger partial charge in [-0.25, -0.2) is 0 Å². The van der Waals surface area contributed by atoms with E-state index in [1.165, 1.54) is 5.39 Å². The summed E-state index contributed by atoms with van der Waals surface area (Å²) in [5, 5.41) is 4.05. The SMILES string of the molecule is CCCNC(=O)C(C)=Cc1ccc2cc[nH]c2c1. The molecule has 2 rings (SSSR count). The molecule has 18 heavy (non-hydrogen) atoms. The number of aromatic nitrogens is 1. The lowest BCUT2D eigenvalue weighted by Gasteiger charge is -2.03. The first-order valence-corrected chi connectivity index (χ1v) is 6.24. The zero-order chi connectivity index (χ0) is 13.0. The summed E-state index contributed by atoms with van der Waals surface area (Å²) in [4.78, 5) is 14.9. The second-order valence-electron chi connectivity index (χ2n) is 4.41. The van der Waals surface area contributed by atoms with Crippen molar-refractivity contribution < 1.29 is 4.79 Å². The Morgan fingerprint density at radius 2 is 2.22 bits per heavy atom. The van der Waals surface area contributed by atoms with E-state index >= 15 is 0 Å². The zero-order valence-corrected chi connectivity index (χ0v) is 10.8. The summed E-state index contributed by atoms with van der Waals surface area (Å²) in [6, 6.07) is 8.15. The highest BCUT2D eigenvalue weighted by Gasteiger charge is 2.03. The predicted octanol–water partition coefficient (Wildman–Crippen LogP) is 3.10. The van der Waals surface area contributed by atoms with E-state index in [1.807, 2.05) is 44.3 Å². The Morgan fingerprint density at radius 1 is 1.39 bits per heavy atom. The number of H-pyrrole nitrogens is 1. The lowest BCUT2D eigenvalue weighted by atomic mass is 10.1. The molecule has 2 N–H and O–H groups in total. The van der Waals surface area contributed by atoms with Crippen LogP contribution in [0.1, 0.15) is 25.8 Å². The van der Waals surface area contributed by atoms with Crippen LogP contribution in [-0.2, 0) is 4.79 Å². The molecule has 0 aliphatic carbocycles. The van der Waals surface area contributed by atoms with Gasteiger partial charge >= 0.3 is 0 Å². The Kier molecular flexibility index (Phi) is 3.82. The molecule has 1 amide bonds. The molecule has 0 radical (unpaired) electrons. The Labute approximate surface area is 107 Å². The Morgan fingerprint density at radius 3 is 3.00 bits per heavy atom. The minimum absolute atomic E-state index is 0.00318. The van der Waals surface area contributed by atoms with Crippen LogP contribution in [0.5, 0.6) is 0 Å². The predicted molar refractivity (Wildman–Crippen MR) is 75.3 cm³/mol. The molecule has 0 aliphatic rings. The largest absolute Gasteiger partial charge is 0.361 e. The van der Waals surface area contributed by atoms with Gasteiger partial charge in [0.1, 0.15) is 0 Å². The van der Waals surface area contributed by atoms with Gasteiger partial charge in [-0.05, 0) is 42.5 Å². The topological polar surface area (TPSA) is 44.9 Å². The monoisotopic (exact) mass is 242 g/mol. The average Bonchev–Trinajstić information content (AvgIpc) is 2.83. The van der Waals surface area contributed by atoms with E-state index in [-0.39, 0.29) is 5.91 Å². The molecule has 0 atom stereocenters. The standard InChI is InChI=1S/C15H18N2O/c1-3-7-17-15(18)11(2)9-12-4-5-13-6-8-16-14(13)10-12/h4-6,8-10,16H,3,7H2,1-2H3,(H,17,18). The van der Waals surface area contributed by atoms with Gasteiger partial charge in [-0.15, -0.1) is 0 Å². The van der Waals surface area contributed by atoms with Crippen molar-refractivity contribution in [2.75, 3.05) is 6.54 Å². The third-order valence-electron chi connectivity index (χ3n) is 2.86. The van der Waals surface area contributed by atoms with Gasteiger partial charge in [0.25, 0.3) is 0 Å². The number of fused-ring (bicyclic) bond motifs is 1. The minimum atomic E-state index is 0.00318. The number of aromatic amines is 1. The first-order chi connectivity index (χ1) is 8.70. The van der Waals surface area contributed by atoms with E-state index in [1.54, 1.807) is 0 Å². The molecule has 0 unspecified atom stereocenters. The van der Waals surface area contributed by atoms with Crippen LogP contribution in [0.25, 0.3) is 17.0 Å². The number of hydrogen-bond acceptors (Lipinski definition) is 1. The molecule has 0 spiro atoms. The minimum Gasteiger partial charge on any atom is -0.361 e. The normalized spacial score (nSPS) is 11.8. The van der Waals surface area contributed by atoms with E-state index in [2.05, 4.69) is 16.4 Å². The van der Waals surface area contributed by atoms with E-state index in [4.69, 9.17) is 0 Å². The Hall–Kier alpha value is -2.03. The number of benzene rings is 1. The van der Waals surface area contributed by atoms with Crippen LogP contribution in [0.4, 0.5) is 0 Å². The molecule has 0 bridgehead atoms. The second kappa shape index (κ2) is 5.54. The summed E-state index contributed by atoms with van der Waals surface area (Å²) in [7, 11) is 0. The maximum absolute atomic E-state index is 11.7. The van der Waals surface area contributed by atoms with Crippen molar-refractivity contribution in [1.82, 2.24) is 10.3 Å². The molecule has 1 aromatic carbocycles. The lowest BCUT2D eigenvalue weighted by Crippen LogP contribution is -2.24. The van der Waals surface area contributed by atoms with E-state index < -0.39 is 0 Å². The highest BCUT2D eigenvalue weighted by molar-refractivity contribution is 5.97. The number of carbonyl (C=O) groups excluding carboxylic acids is 1. The summed E-state index contributed by atoms with van der Waals surface area (Å²) in [6.45, 7) is 4.60. The summed E-state index contributed by atoms with van der Waals surface area (Å²) in [5.41, 5.74) is 2.86. The number of hydrogen-bond donors (Lipinski definition) is 2. The maximum Gasteiger partial charge on any atom is 0.246 e. The molecule has 1 heterocycles. The van der Waals surface area contributed by atoms with Crippen LogP contribution in [0, 0.1) is 0 Å². The molecule has 0 aliphatic heterocycles. The highest BCUT2D eigenvalue weighted by atomic mass is 16.1. The average molecular weight is 242 g/mol. The van der Waals surface area contributed by atoms with Crippen molar-refractivity contribution >= 4 is 22.9 Å². The third kappa shape index (κ3) is 2.80. The fraction of sp³-hybridized carbons (Fsp3) is 0.267. The van der Waals surface area contributed by atoms with Crippen molar-refractivity contribution in [2.24, 2.45) is 0 Å². The quantitative estimate of drug-likeness (QED) is 0.795. The van der Waals surface area contributed by atoms with Gasteiger partial charge < -0.3 is 10.3 Å². The third-order valence-corrected chi connectivity index (χ3v) is 2.86. The molecular weight excluding hydrogens is 224 g/mol.